The van der Waals surface area contributed by atoms with Crippen LogP contribution in [0.5, 0.6) is 0 Å². The van der Waals surface area contributed by atoms with E-state index in [1.54, 1.807) is 30.3 Å². The van der Waals surface area contributed by atoms with Gasteiger partial charge in [0.1, 0.15) is 11.4 Å². The van der Waals surface area contributed by atoms with E-state index in [1.807, 2.05) is 22.6 Å². The lowest BCUT2D eigenvalue weighted by Crippen LogP contribution is -2.66. The number of nitrogen functional groups attached to an aromatic ring is 1. The van der Waals surface area contributed by atoms with Gasteiger partial charge < -0.3 is 26.4 Å². The van der Waals surface area contributed by atoms with E-state index in [1.165, 1.54) is 17.0 Å². The van der Waals surface area contributed by atoms with Crippen LogP contribution in [0.15, 0.2) is 54.6 Å². The number of carbonyl (C=O) groups is 1. The minimum absolute atomic E-state index is 0.00979. The molecule has 1 heterocycles. The van der Waals surface area contributed by atoms with E-state index in [0.717, 1.165) is 17.8 Å². The molecular formula is C23H20F3IN4O2. The maximum absolute atomic E-state index is 14.6. The van der Waals surface area contributed by atoms with Crippen molar-refractivity contribution in [2.24, 2.45) is 0 Å². The largest absolute Gasteiger partial charge is 0.399 e. The van der Waals surface area contributed by atoms with Crippen LogP contribution in [0.2, 0.25) is 0 Å². The van der Waals surface area contributed by atoms with Crippen molar-refractivity contribution in [3.8, 4) is 0 Å². The summed E-state index contributed by atoms with van der Waals surface area (Å²) in [4.78, 5) is 14.3. The van der Waals surface area contributed by atoms with E-state index in [-0.39, 0.29) is 30.9 Å². The molecule has 0 aromatic heterocycles. The van der Waals surface area contributed by atoms with Gasteiger partial charge in [-0.2, -0.15) is 0 Å². The first-order valence-electron chi connectivity index (χ1n) is 9.96. The van der Waals surface area contributed by atoms with Gasteiger partial charge in [-0.15, -0.1) is 0 Å². The summed E-state index contributed by atoms with van der Waals surface area (Å²) in [6, 6.07) is 13.1. The summed E-state index contributed by atoms with van der Waals surface area (Å²) < 4.78 is 43.4. The van der Waals surface area contributed by atoms with Gasteiger partial charge in [-0.3, -0.25) is 4.79 Å². The van der Waals surface area contributed by atoms with Crippen LogP contribution in [-0.2, 0) is 0 Å². The molecule has 1 saturated heterocycles. The Morgan fingerprint density at radius 2 is 1.76 bits per heavy atom. The zero-order valence-electron chi connectivity index (χ0n) is 17.2. The van der Waals surface area contributed by atoms with Crippen LogP contribution < -0.4 is 16.4 Å². The molecule has 0 bridgehead atoms. The van der Waals surface area contributed by atoms with Gasteiger partial charge >= 0.3 is 0 Å². The van der Waals surface area contributed by atoms with E-state index >= 15 is 0 Å². The molecule has 1 amide bonds. The fraction of sp³-hybridized carbons (Fsp3) is 0.174. The molecule has 33 heavy (non-hydrogen) atoms. The molecule has 4 rings (SSSR count). The number of rotatable bonds is 6. The molecular weight excluding hydrogens is 548 g/mol. The standard InChI is InChI=1S/C23H20F3IN4O2/c24-17-7-6-16(21(20(17)26)30-19-8-1-13(27)9-18(19)25)22(32)31-11-23(33,12-31)10-29-15-4-2-14(28)3-5-15/h1-9,29-30,33H,10-12,28H2. The Balaban J connectivity index is 1.48. The zero-order chi connectivity index (χ0) is 23.8. The topological polar surface area (TPSA) is 90.6 Å². The van der Waals surface area contributed by atoms with Gasteiger partial charge in [0.2, 0.25) is 0 Å². The van der Waals surface area contributed by atoms with Crippen LogP contribution in [0.3, 0.4) is 0 Å². The number of likely N-dealkylation sites (tertiary alicyclic amines) is 1. The van der Waals surface area contributed by atoms with Crippen LogP contribution >= 0.6 is 22.6 Å². The summed E-state index contributed by atoms with van der Waals surface area (Å²) in [6.07, 6.45) is 0. The molecule has 1 aliphatic rings. The molecule has 0 aliphatic carbocycles. The summed E-state index contributed by atoms with van der Waals surface area (Å²) >= 11 is 1.92. The first kappa shape index (κ1) is 23.2. The van der Waals surface area contributed by atoms with Crippen LogP contribution in [0.25, 0.3) is 0 Å². The third-order valence-corrected chi connectivity index (χ3v) is 5.98. The third-order valence-electron chi connectivity index (χ3n) is 5.31. The van der Waals surface area contributed by atoms with E-state index in [9.17, 15) is 23.1 Å². The number of nitrogens with zero attached hydrogens (tertiary/aromatic N) is 1. The summed E-state index contributed by atoms with van der Waals surface area (Å²) in [5.41, 5.74) is 5.11. The molecule has 1 fully saturated rings. The maximum atomic E-state index is 14.6. The van der Waals surface area contributed by atoms with Crippen LogP contribution in [0.4, 0.5) is 35.9 Å². The SMILES string of the molecule is Nc1ccc(NCC2(O)CN(C(=O)c3ccc(F)c(F)c3Nc3ccc(I)cc3F)C2)cc1. The van der Waals surface area contributed by atoms with E-state index < -0.39 is 34.6 Å². The van der Waals surface area contributed by atoms with Crippen molar-refractivity contribution >= 4 is 51.2 Å². The van der Waals surface area contributed by atoms with E-state index in [0.29, 0.717) is 9.26 Å². The molecule has 0 unspecified atom stereocenters. The molecule has 3 aromatic carbocycles. The number of halogens is 4. The zero-order valence-corrected chi connectivity index (χ0v) is 19.4. The summed E-state index contributed by atoms with van der Waals surface area (Å²) in [5, 5.41) is 16.3. The number of carbonyl (C=O) groups excluding carboxylic acids is 1. The Bertz CT molecular complexity index is 1200. The van der Waals surface area contributed by atoms with Crippen molar-refractivity contribution < 1.29 is 23.1 Å². The predicted octanol–water partition coefficient (Wildman–Crippen LogP) is 4.33. The molecule has 0 radical (unpaired) electrons. The second kappa shape index (κ2) is 9.10. The molecule has 5 N–H and O–H groups in total. The highest BCUT2D eigenvalue weighted by Crippen LogP contribution is 2.32. The first-order chi connectivity index (χ1) is 15.6. The first-order valence-corrected chi connectivity index (χ1v) is 11.0. The molecule has 0 saturated carbocycles. The van der Waals surface area contributed by atoms with Gasteiger partial charge in [0.15, 0.2) is 11.6 Å². The van der Waals surface area contributed by atoms with Crippen LogP contribution in [0, 0.1) is 21.0 Å². The second-order valence-corrected chi connectivity index (χ2v) is 9.14. The van der Waals surface area contributed by atoms with Crippen LogP contribution in [0.1, 0.15) is 10.4 Å². The average Bonchev–Trinajstić information content (AvgIpc) is 2.76. The lowest BCUT2D eigenvalue weighted by molar-refractivity contribution is -0.0706. The smallest absolute Gasteiger partial charge is 0.256 e. The fourth-order valence-corrected chi connectivity index (χ4v) is 3.99. The number of β-amino-alcohol motifs (C(OH)–C–C–N with tert-alkyl or cyclic N) is 1. The van der Waals surface area contributed by atoms with Crippen molar-refractivity contribution in [3.63, 3.8) is 0 Å². The molecule has 172 valence electrons. The summed E-state index contributed by atoms with van der Waals surface area (Å²) in [5.74, 6) is -3.75. The van der Waals surface area contributed by atoms with Gasteiger partial charge in [-0.25, -0.2) is 13.2 Å². The second-order valence-electron chi connectivity index (χ2n) is 7.89. The van der Waals surface area contributed by atoms with Gasteiger partial charge in [0.25, 0.3) is 5.91 Å². The Hall–Kier alpha value is -2.99. The molecule has 0 spiro atoms. The Morgan fingerprint density at radius 1 is 1.06 bits per heavy atom. The van der Waals surface area contributed by atoms with Gasteiger partial charge in [0.05, 0.1) is 30.0 Å². The predicted molar refractivity (Wildman–Crippen MR) is 129 cm³/mol. The van der Waals surface area contributed by atoms with Crippen molar-refractivity contribution in [1.29, 1.82) is 0 Å². The molecule has 6 nitrogen and oxygen atoms in total. The monoisotopic (exact) mass is 568 g/mol. The molecule has 0 atom stereocenters. The van der Waals surface area contributed by atoms with Crippen molar-refractivity contribution in [1.82, 2.24) is 4.90 Å². The molecule has 10 heteroatoms. The maximum Gasteiger partial charge on any atom is 0.256 e. The van der Waals surface area contributed by atoms with Gasteiger partial charge in [-0.05, 0) is 77.2 Å². The lowest BCUT2D eigenvalue weighted by atomic mass is 9.92. The number of hydrogen-bond acceptors (Lipinski definition) is 5. The van der Waals surface area contributed by atoms with E-state index in [2.05, 4.69) is 10.6 Å². The number of aliphatic hydroxyl groups is 1. The summed E-state index contributed by atoms with van der Waals surface area (Å²) in [7, 11) is 0. The lowest BCUT2D eigenvalue weighted by Gasteiger charge is -2.46. The number of nitrogens with one attached hydrogen (secondary N) is 2. The molecule has 1 aliphatic heterocycles. The quantitative estimate of drug-likeness (QED) is 0.263. The van der Waals surface area contributed by atoms with Crippen molar-refractivity contribution in [2.75, 3.05) is 36.0 Å². The van der Waals surface area contributed by atoms with Gasteiger partial charge in [-0.1, -0.05) is 0 Å². The number of nitrogens with two attached hydrogens (primary N) is 1. The Labute approximate surface area is 201 Å². The fourth-order valence-electron chi connectivity index (χ4n) is 3.53. The highest BCUT2D eigenvalue weighted by atomic mass is 127. The number of benzene rings is 3. The Kier molecular flexibility index (Phi) is 6.39. The number of anilines is 4. The minimum atomic E-state index is -1.29. The summed E-state index contributed by atoms with van der Waals surface area (Å²) in [6.45, 7) is 0.158. The van der Waals surface area contributed by atoms with Crippen LogP contribution in [-0.4, -0.2) is 41.1 Å². The van der Waals surface area contributed by atoms with Gasteiger partial charge in [0, 0.05) is 21.5 Å². The normalized spacial score (nSPS) is 14.5. The third kappa shape index (κ3) is 5.01. The molecule has 3 aromatic rings. The van der Waals surface area contributed by atoms with Crippen molar-refractivity contribution in [2.45, 2.75) is 5.60 Å². The van der Waals surface area contributed by atoms with Crippen molar-refractivity contribution in [3.05, 3.63) is 81.2 Å². The Morgan fingerprint density at radius 3 is 2.42 bits per heavy atom. The average molecular weight is 568 g/mol. The highest BCUT2D eigenvalue weighted by Gasteiger charge is 2.44. The minimum Gasteiger partial charge on any atom is -0.399 e. The van der Waals surface area contributed by atoms with E-state index in [4.69, 9.17) is 5.73 Å². The number of amides is 1. The highest BCUT2D eigenvalue weighted by molar-refractivity contribution is 14.1. The number of hydrogen-bond donors (Lipinski definition) is 4.